The zero-order valence-corrected chi connectivity index (χ0v) is 11.4. The molecule has 2 rings (SSSR count). The number of aromatic nitrogens is 2. The van der Waals surface area contributed by atoms with Crippen molar-refractivity contribution in [2.24, 2.45) is 7.05 Å². The molecule has 0 spiro atoms. The fourth-order valence-corrected chi connectivity index (χ4v) is 1.97. The summed E-state index contributed by atoms with van der Waals surface area (Å²) >= 11 is 0. The van der Waals surface area contributed by atoms with Crippen molar-refractivity contribution in [2.75, 3.05) is 24.3 Å². The fourth-order valence-electron chi connectivity index (χ4n) is 1.97. The average Bonchev–Trinajstić information content (AvgIpc) is 2.76. The zero-order valence-electron chi connectivity index (χ0n) is 11.4. The van der Waals surface area contributed by atoms with Crippen molar-refractivity contribution in [2.45, 2.75) is 13.0 Å². The minimum absolute atomic E-state index is 0.236. The lowest BCUT2D eigenvalue weighted by atomic mass is 10.1. The molecule has 0 aliphatic rings. The molecule has 0 amide bonds. The highest BCUT2D eigenvalue weighted by Crippen LogP contribution is 2.27. The van der Waals surface area contributed by atoms with Crippen LogP contribution in [0.2, 0.25) is 0 Å². The first-order chi connectivity index (χ1) is 8.58. The van der Waals surface area contributed by atoms with E-state index >= 15 is 0 Å². The Labute approximate surface area is 108 Å². The van der Waals surface area contributed by atoms with Crippen LogP contribution in [0, 0.1) is 0 Å². The average molecular weight is 244 g/mol. The van der Waals surface area contributed by atoms with Crippen molar-refractivity contribution in [3.63, 3.8) is 0 Å². The summed E-state index contributed by atoms with van der Waals surface area (Å²) in [7, 11) is 6.04. The molecule has 1 atom stereocenters. The summed E-state index contributed by atoms with van der Waals surface area (Å²) in [6.07, 6.45) is 3.94. The van der Waals surface area contributed by atoms with Gasteiger partial charge in [0.05, 0.1) is 23.6 Å². The van der Waals surface area contributed by atoms with Crippen LogP contribution in [0.1, 0.15) is 18.5 Å². The van der Waals surface area contributed by atoms with Gasteiger partial charge in [0.15, 0.2) is 0 Å². The summed E-state index contributed by atoms with van der Waals surface area (Å²) < 4.78 is 1.82. The maximum atomic E-state index is 4.20. The summed E-state index contributed by atoms with van der Waals surface area (Å²) in [5, 5.41) is 7.73. The first-order valence-electron chi connectivity index (χ1n) is 6.09. The highest BCUT2D eigenvalue weighted by molar-refractivity contribution is 5.69. The number of para-hydroxylation sites is 2. The highest BCUT2D eigenvalue weighted by Gasteiger charge is 2.10. The number of anilines is 2. The van der Waals surface area contributed by atoms with Crippen LogP contribution in [0.5, 0.6) is 0 Å². The largest absolute Gasteiger partial charge is 0.377 e. The van der Waals surface area contributed by atoms with Crippen molar-refractivity contribution in [3.8, 4) is 0 Å². The minimum atomic E-state index is 0.236. The third kappa shape index (κ3) is 2.64. The molecule has 0 saturated heterocycles. The summed E-state index contributed by atoms with van der Waals surface area (Å²) in [5.74, 6) is 0. The van der Waals surface area contributed by atoms with Crippen LogP contribution in [-0.4, -0.2) is 23.9 Å². The van der Waals surface area contributed by atoms with Gasteiger partial charge in [0.2, 0.25) is 0 Å². The molecule has 0 aliphatic carbocycles. The van der Waals surface area contributed by atoms with Gasteiger partial charge in [0.1, 0.15) is 0 Å². The van der Waals surface area contributed by atoms with Crippen LogP contribution in [0.3, 0.4) is 0 Å². The van der Waals surface area contributed by atoms with Crippen LogP contribution < -0.4 is 10.2 Å². The van der Waals surface area contributed by atoms with E-state index in [2.05, 4.69) is 54.5 Å². The third-order valence-corrected chi connectivity index (χ3v) is 2.98. The second kappa shape index (κ2) is 5.12. The van der Waals surface area contributed by atoms with Gasteiger partial charge in [0.25, 0.3) is 0 Å². The molecule has 0 fully saturated rings. The molecule has 18 heavy (non-hydrogen) atoms. The van der Waals surface area contributed by atoms with E-state index in [0.717, 1.165) is 5.69 Å². The lowest BCUT2D eigenvalue weighted by Crippen LogP contribution is -2.13. The van der Waals surface area contributed by atoms with Gasteiger partial charge in [-0.1, -0.05) is 12.1 Å². The Morgan fingerprint density at radius 3 is 2.61 bits per heavy atom. The Kier molecular flexibility index (Phi) is 3.55. The molecule has 0 bridgehead atoms. The topological polar surface area (TPSA) is 33.1 Å². The van der Waals surface area contributed by atoms with E-state index < -0.39 is 0 Å². The Balaban J connectivity index is 2.19. The summed E-state index contributed by atoms with van der Waals surface area (Å²) in [6, 6.07) is 8.54. The van der Waals surface area contributed by atoms with Crippen LogP contribution in [0.4, 0.5) is 11.4 Å². The number of nitrogens with zero attached hydrogens (tertiary/aromatic N) is 3. The van der Waals surface area contributed by atoms with Gasteiger partial charge in [-0.05, 0) is 19.1 Å². The van der Waals surface area contributed by atoms with Crippen LogP contribution in [0.15, 0.2) is 36.7 Å². The number of benzene rings is 1. The van der Waals surface area contributed by atoms with Crippen LogP contribution >= 0.6 is 0 Å². The highest BCUT2D eigenvalue weighted by atomic mass is 15.2. The number of hydrogen-bond acceptors (Lipinski definition) is 3. The van der Waals surface area contributed by atoms with E-state index in [4.69, 9.17) is 0 Å². The van der Waals surface area contributed by atoms with Gasteiger partial charge in [-0.25, -0.2) is 0 Å². The van der Waals surface area contributed by atoms with Gasteiger partial charge < -0.3 is 10.2 Å². The standard InChI is InChI=1S/C14H20N4/c1-11(12-9-15-18(4)10-12)16-13-7-5-6-8-14(13)17(2)3/h5-11,16H,1-4H3. The van der Waals surface area contributed by atoms with Crippen molar-refractivity contribution in [3.05, 3.63) is 42.2 Å². The van der Waals surface area contributed by atoms with E-state index in [9.17, 15) is 0 Å². The maximum Gasteiger partial charge on any atom is 0.0596 e. The first kappa shape index (κ1) is 12.5. The quantitative estimate of drug-likeness (QED) is 0.897. The molecule has 1 N–H and O–H groups in total. The van der Waals surface area contributed by atoms with Gasteiger partial charge >= 0.3 is 0 Å². The third-order valence-electron chi connectivity index (χ3n) is 2.98. The van der Waals surface area contributed by atoms with Gasteiger partial charge in [-0.3, -0.25) is 4.68 Å². The lowest BCUT2D eigenvalue weighted by Gasteiger charge is -2.21. The molecule has 0 radical (unpaired) electrons. The second-order valence-electron chi connectivity index (χ2n) is 4.72. The predicted octanol–water partition coefficient (Wildman–Crippen LogP) is 2.66. The van der Waals surface area contributed by atoms with Crippen molar-refractivity contribution >= 4 is 11.4 Å². The molecular formula is C14H20N4. The second-order valence-corrected chi connectivity index (χ2v) is 4.72. The predicted molar refractivity (Wildman–Crippen MR) is 76.0 cm³/mol. The summed E-state index contributed by atoms with van der Waals surface area (Å²) in [4.78, 5) is 2.11. The van der Waals surface area contributed by atoms with Crippen molar-refractivity contribution in [1.29, 1.82) is 0 Å². The van der Waals surface area contributed by atoms with Crippen molar-refractivity contribution in [1.82, 2.24) is 9.78 Å². The molecule has 4 nitrogen and oxygen atoms in total. The van der Waals surface area contributed by atoms with Crippen LogP contribution in [0.25, 0.3) is 0 Å². The molecule has 1 aromatic heterocycles. The molecule has 1 unspecified atom stereocenters. The SMILES string of the molecule is CC(Nc1ccccc1N(C)C)c1cnn(C)c1. The molecule has 4 heteroatoms. The van der Waals surface area contributed by atoms with Gasteiger partial charge in [-0.15, -0.1) is 0 Å². The molecule has 2 aromatic rings. The molecule has 1 aromatic carbocycles. The van der Waals surface area contributed by atoms with E-state index in [1.807, 2.05) is 30.2 Å². The molecular weight excluding hydrogens is 224 g/mol. The fraction of sp³-hybridized carbons (Fsp3) is 0.357. The van der Waals surface area contributed by atoms with Gasteiger partial charge in [0, 0.05) is 32.9 Å². The normalized spacial score (nSPS) is 12.2. The Hall–Kier alpha value is -1.97. The van der Waals surface area contributed by atoms with Crippen LogP contribution in [-0.2, 0) is 7.05 Å². The lowest BCUT2D eigenvalue weighted by molar-refractivity contribution is 0.765. The van der Waals surface area contributed by atoms with Crippen molar-refractivity contribution < 1.29 is 0 Å². The van der Waals surface area contributed by atoms with E-state index in [1.165, 1.54) is 11.3 Å². The molecule has 1 heterocycles. The van der Waals surface area contributed by atoms with E-state index in [0.29, 0.717) is 0 Å². The number of aryl methyl sites for hydroxylation is 1. The maximum absolute atomic E-state index is 4.20. The Morgan fingerprint density at radius 1 is 1.28 bits per heavy atom. The van der Waals surface area contributed by atoms with E-state index in [1.54, 1.807) is 0 Å². The monoisotopic (exact) mass is 244 g/mol. The minimum Gasteiger partial charge on any atom is -0.377 e. The molecule has 0 saturated carbocycles. The first-order valence-corrected chi connectivity index (χ1v) is 6.09. The smallest absolute Gasteiger partial charge is 0.0596 e. The molecule has 0 aliphatic heterocycles. The summed E-state index contributed by atoms with van der Waals surface area (Å²) in [6.45, 7) is 2.14. The summed E-state index contributed by atoms with van der Waals surface area (Å²) in [5.41, 5.74) is 3.51. The Bertz CT molecular complexity index is 516. The number of nitrogens with one attached hydrogen (secondary N) is 1. The van der Waals surface area contributed by atoms with E-state index in [-0.39, 0.29) is 6.04 Å². The Morgan fingerprint density at radius 2 is 2.00 bits per heavy atom. The molecule has 96 valence electrons. The zero-order chi connectivity index (χ0) is 13.1. The van der Waals surface area contributed by atoms with Gasteiger partial charge in [-0.2, -0.15) is 5.10 Å². The number of rotatable bonds is 4. The number of hydrogen-bond donors (Lipinski definition) is 1.